The molecule has 1 rings (SSSR count). The zero-order valence-electron chi connectivity index (χ0n) is 6.68. The summed E-state index contributed by atoms with van der Waals surface area (Å²) in [5.41, 5.74) is -0.0135. The Morgan fingerprint density at radius 3 is 2.62 bits per heavy atom. The molecule has 0 fully saturated rings. The average Bonchev–Trinajstić information content (AvgIpc) is 2.07. The second kappa shape index (κ2) is 3.79. The first kappa shape index (κ1) is 10.1. The number of alkyl halides is 2. The quantitative estimate of drug-likeness (QED) is 0.764. The van der Waals surface area contributed by atoms with Crippen molar-refractivity contribution >= 4 is 15.9 Å². The van der Waals surface area contributed by atoms with Crippen molar-refractivity contribution in [2.75, 3.05) is 0 Å². The zero-order chi connectivity index (χ0) is 10.0. The highest BCUT2D eigenvalue weighted by Gasteiger charge is 2.18. The summed E-state index contributed by atoms with van der Waals surface area (Å²) in [7, 11) is 0. The number of nitrogens with zero attached hydrogens (tertiary/aromatic N) is 2. The molecule has 0 amide bonds. The van der Waals surface area contributed by atoms with Crippen molar-refractivity contribution in [2.24, 2.45) is 0 Å². The molecule has 0 N–H and O–H groups in total. The minimum Gasteiger partial charge on any atom is -0.259 e. The second-order valence-electron chi connectivity index (χ2n) is 2.39. The first-order valence-electron chi connectivity index (χ1n) is 3.41. The fourth-order valence-electron chi connectivity index (χ4n) is 0.956. The van der Waals surface area contributed by atoms with Gasteiger partial charge in [-0.2, -0.15) is 5.26 Å². The van der Waals surface area contributed by atoms with E-state index in [1.165, 1.54) is 13.1 Å². The van der Waals surface area contributed by atoms with Crippen LogP contribution in [0.5, 0.6) is 0 Å². The first-order valence-corrected chi connectivity index (χ1v) is 4.20. The van der Waals surface area contributed by atoms with Crippen LogP contribution in [0.15, 0.2) is 10.7 Å². The number of pyridine rings is 1. The minimum atomic E-state index is -2.66. The Hall–Kier alpha value is -1.02. The summed E-state index contributed by atoms with van der Waals surface area (Å²) >= 11 is 2.93. The molecule has 1 aromatic heterocycles. The fraction of sp³-hybridized carbons (Fsp3) is 0.250. The Labute approximate surface area is 82.3 Å². The SMILES string of the molecule is Cc1ncc(Br)c(C(F)F)c1C#N. The van der Waals surface area contributed by atoms with Crippen LogP contribution >= 0.6 is 15.9 Å². The van der Waals surface area contributed by atoms with Crippen LogP contribution in [0.2, 0.25) is 0 Å². The van der Waals surface area contributed by atoms with Crippen molar-refractivity contribution < 1.29 is 8.78 Å². The van der Waals surface area contributed by atoms with E-state index in [-0.39, 0.29) is 15.6 Å². The Balaban J connectivity index is 3.46. The Morgan fingerprint density at radius 2 is 2.23 bits per heavy atom. The molecule has 0 aromatic carbocycles. The van der Waals surface area contributed by atoms with Gasteiger partial charge in [0, 0.05) is 10.7 Å². The van der Waals surface area contributed by atoms with E-state index < -0.39 is 6.43 Å². The van der Waals surface area contributed by atoms with E-state index in [2.05, 4.69) is 20.9 Å². The number of hydrogen-bond acceptors (Lipinski definition) is 2. The van der Waals surface area contributed by atoms with Gasteiger partial charge in [-0.15, -0.1) is 0 Å². The summed E-state index contributed by atoms with van der Waals surface area (Å²) in [6.45, 7) is 1.52. The molecule has 2 nitrogen and oxygen atoms in total. The molecule has 0 aliphatic carbocycles. The molecule has 0 saturated carbocycles. The lowest BCUT2D eigenvalue weighted by Crippen LogP contribution is -1.97. The number of aryl methyl sites for hydroxylation is 1. The van der Waals surface area contributed by atoms with Gasteiger partial charge in [0.2, 0.25) is 0 Å². The standard InChI is InChI=1S/C8H5BrF2N2/c1-4-5(2-12)7(8(10)11)6(9)3-13-4/h3,8H,1H3. The zero-order valence-corrected chi connectivity index (χ0v) is 8.27. The smallest absolute Gasteiger partial charge is 0.259 e. The monoisotopic (exact) mass is 246 g/mol. The molecular formula is C8H5BrF2N2. The summed E-state index contributed by atoms with van der Waals surface area (Å²) < 4.78 is 25.1. The number of aromatic nitrogens is 1. The van der Waals surface area contributed by atoms with Gasteiger partial charge in [0.25, 0.3) is 6.43 Å². The van der Waals surface area contributed by atoms with Crippen LogP contribution in [0.25, 0.3) is 0 Å². The van der Waals surface area contributed by atoms with Gasteiger partial charge < -0.3 is 0 Å². The van der Waals surface area contributed by atoms with Gasteiger partial charge in [-0.1, -0.05) is 0 Å². The summed E-state index contributed by atoms with van der Waals surface area (Å²) in [6.07, 6.45) is -1.39. The number of rotatable bonds is 1. The van der Waals surface area contributed by atoms with Gasteiger partial charge >= 0.3 is 0 Å². The van der Waals surface area contributed by atoms with Crippen molar-refractivity contribution in [3.05, 3.63) is 27.5 Å². The second-order valence-corrected chi connectivity index (χ2v) is 3.25. The highest BCUT2D eigenvalue weighted by molar-refractivity contribution is 9.10. The van der Waals surface area contributed by atoms with Crippen molar-refractivity contribution in [1.82, 2.24) is 4.98 Å². The molecule has 13 heavy (non-hydrogen) atoms. The van der Waals surface area contributed by atoms with Gasteiger partial charge in [-0.05, 0) is 22.9 Å². The van der Waals surface area contributed by atoms with Crippen LogP contribution in [0.1, 0.15) is 23.2 Å². The van der Waals surface area contributed by atoms with Gasteiger partial charge in [0.15, 0.2) is 0 Å². The topological polar surface area (TPSA) is 36.7 Å². The maximum atomic E-state index is 12.4. The summed E-state index contributed by atoms with van der Waals surface area (Å²) in [5, 5.41) is 8.63. The van der Waals surface area contributed by atoms with Crippen LogP contribution in [-0.2, 0) is 0 Å². The highest BCUT2D eigenvalue weighted by Crippen LogP contribution is 2.30. The predicted molar refractivity (Wildman–Crippen MR) is 46.3 cm³/mol. The molecule has 1 aromatic rings. The molecule has 5 heteroatoms. The number of nitriles is 1. The van der Waals surface area contributed by atoms with Gasteiger partial charge in [-0.3, -0.25) is 4.98 Å². The molecule has 0 unspecified atom stereocenters. The molecule has 68 valence electrons. The lowest BCUT2D eigenvalue weighted by atomic mass is 10.1. The largest absolute Gasteiger partial charge is 0.266 e. The third-order valence-electron chi connectivity index (χ3n) is 1.59. The van der Waals surface area contributed by atoms with Gasteiger partial charge in [-0.25, -0.2) is 8.78 Å². The molecule has 1 heterocycles. The van der Waals surface area contributed by atoms with Crippen LogP contribution in [-0.4, -0.2) is 4.98 Å². The molecule has 0 aliphatic heterocycles. The van der Waals surface area contributed by atoms with Crippen LogP contribution in [0.3, 0.4) is 0 Å². The average molecular weight is 247 g/mol. The lowest BCUT2D eigenvalue weighted by Gasteiger charge is -2.06. The Kier molecular flexibility index (Phi) is 2.94. The summed E-state index contributed by atoms with van der Waals surface area (Å²) in [4.78, 5) is 3.79. The number of hydrogen-bond donors (Lipinski definition) is 0. The molecule has 0 saturated heterocycles. The molecule has 0 radical (unpaired) electrons. The number of halogens is 3. The summed E-state index contributed by atoms with van der Waals surface area (Å²) in [6, 6.07) is 1.71. The maximum absolute atomic E-state index is 12.4. The van der Waals surface area contributed by atoms with Crippen molar-refractivity contribution in [1.29, 1.82) is 5.26 Å². The van der Waals surface area contributed by atoms with Crippen LogP contribution < -0.4 is 0 Å². The molecule has 0 atom stereocenters. The van der Waals surface area contributed by atoms with Crippen LogP contribution in [0, 0.1) is 18.3 Å². The van der Waals surface area contributed by atoms with E-state index >= 15 is 0 Å². The van der Waals surface area contributed by atoms with Crippen molar-refractivity contribution in [3.63, 3.8) is 0 Å². The Bertz CT molecular complexity index is 371. The van der Waals surface area contributed by atoms with Gasteiger partial charge in [0.1, 0.15) is 6.07 Å². The third-order valence-corrected chi connectivity index (χ3v) is 2.22. The minimum absolute atomic E-state index is 0.0515. The molecular weight excluding hydrogens is 242 g/mol. The van der Waals surface area contributed by atoms with Crippen molar-refractivity contribution in [2.45, 2.75) is 13.3 Å². The van der Waals surface area contributed by atoms with E-state index in [1.807, 2.05) is 0 Å². The highest BCUT2D eigenvalue weighted by atomic mass is 79.9. The van der Waals surface area contributed by atoms with E-state index in [1.54, 1.807) is 6.07 Å². The van der Waals surface area contributed by atoms with E-state index in [0.29, 0.717) is 5.69 Å². The van der Waals surface area contributed by atoms with E-state index in [0.717, 1.165) is 0 Å². The Morgan fingerprint density at radius 1 is 1.62 bits per heavy atom. The predicted octanol–water partition coefficient (Wildman–Crippen LogP) is 2.96. The van der Waals surface area contributed by atoms with Gasteiger partial charge in [0.05, 0.1) is 16.8 Å². The maximum Gasteiger partial charge on any atom is 0.266 e. The molecule has 0 aliphatic rings. The van der Waals surface area contributed by atoms with Crippen LogP contribution in [0.4, 0.5) is 8.78 Å². The normalized spacial score (nSPS) is 10.2. The van der Waals surface area contributed by atoms with E-state index in [9.17, 15) is 8.78 Å². The summed E-state index contributed by atoms with van der Waals surface area (Å²) in [5.74, 6) is 0. The van der Waals surface area contributed by atoms with Crippen molar-refractivity contribution in [3.8, 4) is 6.07 Å². The molecule has 0 spiro atoms. The van der Waals surface area contributed by atoms with E-state index in [4.69, 9.17) is 5.26 Å². The fourth-order valence-corrected chi connectivity index (χ4v) is 1.43. The third kappa shape index (κ3) is 1.83. The molecule has 0 bridgehead atoms. The lowest BCUT2D eigenvalue weighted by molar-refractivity contribution is 0.150. The first-order chi connectivity index (χ1) is 6.07.